The van der Waals surface area contributed by atoms with Gasteiger partial charge in [0.1, 0.15) is 0 Å². The Morgan fingerprint density at radius 2 is 1.70 bits per heavy atom. The summed E-state index contributed by atoms with van der Waals surface area (Å²) in [5, 5.41) is 9.45. The van der Waals surface area contributed by atoms with Crippen molar-refractivity contribution in [2.75, 3.05) is 40.3 Å². The Hall–Kier alpha value is -1.67. The molecule has 1 aromatic rings. The van der Waals surface area contributed by atoms with E-state index in [1.54, 1.807) is 0 Å². The van der Waals surface area contributed by atoms with Gasteiger partial charge in [0, 0.05) is 36.7 Å². The summed E-state index contributed by atoms with van der Waals surface area (Å²) in [6.07, 6.45) is 8.08. The summed E-state index contributed by atoms with van der Waals surface area (Å²) in [4.78, 5) is 29.1. The molecule has 2 amide bonds. The van der Waals surface area contributed by atoms with Gasteiger partial charge >= 0.3 is 0 Å². The van der Waals surface area contributed by atoms with Crippen LogP contribution in [0, 0.1) is 11.3 Å². The monoisotopic (exact) mass is 533 g/mol. The number of hydrogen-bond acceptors (Lipinski definition) is 5. The summed E-state index contributed by atoms with van der Waals surface area (Å²) in [6.45, 7) is 9.10. The van der Waals surface area contributed by atoms with Gasteiger partial charge in [0.15, 0.2) is 0 Å². The molecule has 1 heterocycles. The lowest BCUT2D eigenvalue weighted by Crippen LogP contribution is -2.60. The first-order valence-electron chi connectivity index (χ1n) is 14.0. The Morgan fingerprint density at radius 3 is 2.27 bits per heavy atom. The van der Waals surface area contributed by atoms with Gasteiger partial charge in [-0.15, -0.1) is 0 Å². The van der Waals surface area contributed by atoms with Crippen LogP contribution in [0.5, 0.6) is 0 Å². The van der Waals surface area contributed by atoms with Crippen molar-refractivity contribution in [3.63, 3.8) is 0 Å². The SMILES string of the molecule is CN(C)CCN[C@H](Cc1ccc(Cl)cc1)C(=O)NN1CCC(C(=O)NC(C)(C)C)(C2CCCCC2)CC1. The number of benzene rings is 1. The van der Waals surface area contributed by atoms with Crippen LogP contribution in [0.3, 0.4) is 0 Å². The summed E-state index contributed by atoms with van der Waals surface area (Å²) in [6, 6.07) is 7.33. The Morgan fingerprint density at radius 1 is 1.08 bits per heavy atom. The molecule has 0 radical (unpaired) electrons. The number of amides is 2. The zero-order valence-corrected chi connectivity index (χ0v) is 24.3. The quantitative estimate of drug-likeness (QED) is 0.423. The van der Waals surface area contributed by atoms with Gasteiger partial charge < -0.3 is 15.5 Å². The van der Waals surface area contributed by atoms with Crippen LogP contribution in [0.1, 0.15) is 71.3 Å². The highest BCUT2D eigenvalue weighted by Gasteiger charge is 2.48. The van der Waals surface area contributed by atoms with Crippen molar-refractivity contribution in [1.82, 2.24) is 26.0 Å². The molecule has 1 saturated heterocycles. The molecular weight excluding hydrogens is 486 g/mol. The molecule has 0 unspecified atom stereocenters. The van der Waals surface area contributed by atoms with Gasteiger partial charge in [-0.05, 0) is 90.6 Å². The second-order valence-electron chi connectivity index (χ2n) is 12.3. The average Bonchev–Trinajstić information content (AvgIpc) is 2.84. The molecule has 208 valence electrons. The molecule has 3 N–H and O–H groups in total. The number of likely N-dealkylation sites (N-methyl/N-ethyl adjacent to an activating group) is 1. The fourth-order valence-electron chi connectivity index (χ4n) is 5.77. The van der Waals surface area contributed by atoms with Crippen LogP contribution in [0.25, 0.3) is 0 Å². The molecule has 1 saturated carbocycles. The third-order valence-electron chi connectivity index (χ3n) is 7.87. The molecular formula is C29H48ClN5O2. The van der Waals surface area contributed by atoms with Gasteiger partial charge in [0.05, 0.1) is 11.5 Å². The lowest BCUT2D eigenvalue weighted by molar-refractivity contribution is -0.143. The summed E-state index contributed by atoms with van der Waals surface area (Å²) in [5.41, 5.74) is 3.64. The summed E-state index contributed by atoms with van der Waals surface area (Å²) >= 11 is 6.06. The lowest BCUT2D eigenvalue weighted by atomic mass is 9.63. The number of piperidine rings is 1. The Kier molecular flexibility index (Phi) is 10.8. The van der Waals surface area contributed by atoms with E-state index in [4.69, 9.17) is 11.6 Å². The number of halogens is 1. The average molecular weight is 534 g/mol. The number of hydrogen-bond donors (Lipinski definition) is 3. The molecule has 1 aliphatic carbocycles. The van der Waals surface area contributed by atoms with Gasteiger partial charge in [0.25, 0.3) is 5.91 Å². The molecule has 8 heteroatoms. The summed E-state index contributed by atoms with van der Waals surface area (Å²) in [5.74, 6) is 0.591. The van der Waals surface area contributed by atoms with Crippen molar-refractivity contribution in [2.45, 2.75) is 83.7 Å². The van der Waals surface area contributed by atoms with Crippen molar-refractivity contribution in [3.05, 3.63) is 34.9 Å². The maximum absolute atomic E-state index is 13.6. The summed E-state index contributed by atoms with van der Waals surface area (Å²) < 4.78 is 0. The molecule has 7 nitrogen and oxygen atoms in total. The van der Waals surface area contributed by atoms with Crippen molar-refractivity contribution < 1.29 is 9.59 Å². The first-order chi connectivity index (χ1) is 17.5. The molecule has 3 rings (SSSR count). The van der Waals surface area contributed by atoms with E-state index < -0.39 is 0 Å². The van der Waals surface area contributed by atoms with E-state index in [1.807, 2.05) is 43.4 Å². The highest BCUT2D eigenvalue weighted by Crippen LogP contribution is 2.46. The standard InChI is InChI=1S/C29H48ClN5O2/c1-28(2,3)32-27(37)29(23-9-7-6-8-10-23)15-18-35(19-16-29)33-26(36)25(31-17-20-34(4)5)21-22-11-13-24(30)14-12-22/h11-14,23,25,31H,6-10,15-21H2,1-5H3,(H,32,37)(H,33,36)/t25-/m1/s1. The van der Waals surface area contributed by atoms with Crippen LogP contribution in [0.2, 0.25) is 5.02 Å². The minimum Gasteiger partial charge on any atom is -0.351 e. The van der Waals surface area contributed by atoms with E-state index in [1.165, 1.54) is 19.3 Å². The molecule has 1 aromatic carbocycles. The van der Waals surface area contributed by atoms with Crippen molar-refractivity contribution in [2.24, 2.45) is 11.3 Å². The van der Waals surface area contributed by atoms with E-state index in [0.717, 1.165) is 44.3 Å². The maximum Gasteiger partial charge on any atom is 0.251 e. The minimum atomic E-state index is -0.352. The maximum atomic E-state index is 13.6. The number of carbonyl (C=O) groups excluding carboxylic acids is 2. The van der Waals surface area contributed by atoms with E-state index in [9.17, 15) is 9.59 Å². The molecule has 0 bridgehead atoms. The van der Waals surface area contributed by atoms with Gasteiger partial charge in [-0.2, -0.15) is 0 Å². The van der Waals surface area contributed by atoms with Crippen molar-refractivity contribution >= 4 is 23.4 Å². The zero-order chi connectivity index (χ0) is 27.1. The van der Waals surface area contributed by atoms with Crippen LogP contribution >= 0.6 is 11.6 Å². The van der Waals surface area contributed by atoms with Gasteiger partial charge in [0.2, 0.25) is 5.91 Å². The third kappa shape index (κ3) is 8.95. The van der Waals surface area contributed by atoms with Crippen LogP contribution in [0.4, 0.5) is 0 Å². The predicted octanol–water partition coefficient (Wildman–Crippen LogP) is 4.01. The Balaban J connectivity index is 1.65. The fourth-order valence-corrected chi connectivity index (χ4v) is 5.89. The first-order valence-corrected chi connectivity index (χ1v) is 14.4. The van der Waals surface area contributed by atoms with Crippen LogP contribution < -0.4 is 16.1 Å². The normalized spacial score (nSPS) is 20.0. The predicted molar refractivity (Wildman–Crippen MR) is 151 cm³/mol. The van der Waals surface area contributed by atoms with E-state index in [-0.39, 0.29) is 28.8 Å². The number of nitrogens with zero attached hydrogens (tertiary/aromatic N) is 2. The second-order valence-corrected chi connectivity index (χ2v) is 12.7. The molecule has 1 atom stereocenters. The Bertz CT molecular complexity index is 869. The highest BCUT2D eigenvalue weighted by molar-refractivity contribution is 6.30. The van der Waals surface area contributed by atoms with Crippen LogP contribution in [0.15, 0.2) is 24.3 Å². The van der Waals surface area contributed by atoms with Gasteiger partial charge in [-0.25, -0.2) is 5.01 Å². The molecule has 2 aliphatic rings. The second kappa shape index (κ2) is 13.4. The van der Waals surface area contributed by atoms with E-state index in [2.05, 4.69) is 41.7 Å². The minimum absolute atomic E-state index is 0.0296. The van der Waals surface area contributed by atoms with E-state index >= 15 is 0 Å². The first kappa shape index (κ1) is 29.9. The molecule has 0 aromatic heterocycles. The number of nitrogens with one attached hydrogen (secondary N) is 3. The van der Waals surface area contributed by atoms with Crippen molar-refractivity contribution in [1.29, 1.82) is 0 Å². The van der Waals surface area contributed by atoms with E-state index in [0.29, 0.717) is 30.5 Å². The van der Waals surface area contributed by atoms with Crippen LogP contribution in [-0.4, -0.2) is 73.6 Å². The molecule has 2 fully saturated rings. The fraction of sp³-hybridized carbons (Fsp3) is 0.724. The van der Waals surface area contributed by atoms with Gasteiger partial charge in [-0.3, -0.25) is 15.0 Å². The molecule has 37 heavy (non-hydrogen) atoms. The number of carbonyl (C=O) groups is 2. The van der Waals surface area contributed by atoms with Crippen LogP contribution in [-0.2, 0) is 16.0 Å². The smallest absolute Gasteiger partial charge is 0.251 e. The number of rotatable bonds is 10. The highest BCUT2D eigenvalue weighted by atomic mass is 35.5. The molecule has 1 aliphatic heterocycles. The third-order valence-corrected chi connectivity index (χ3v) is 8.12. The van der Waals surface area contributed by atoms with Crippen molar-refractivity contribution in [3.8, 4) is 0 Å². The summed E-state index contributed by atoms with van der Waals surface area (Å²) in [7, 11) is 4.05. The zero-order valence-electron chi connectivity index (χ0n) is 23.5. The topological polar surface area (TPSA) is 76.7 Å². The molecule has 0 spiro atoms. The largest absolute Gasteiger partial charge is 0.351 e. The number of hydrazine groups is 1. The lowest BCUT2D eigenvalue weighted by Gasteiger charge is -2.47. The Labute approximate surface area is 229 Å². The van der Waals surface area contributed by atoms with Gasteiger partial charge in [-0.1, -0.05) is 43.0 Å².